The SMILES string of the molecule is Cc1cc(N(C)C2CCCCC2)ccc1C(=N)N. The zero-order valence-electron chi connectivity index (χ0n) is 11.4. The zero-order chi connectivity index (χ0) is 13.1. The number of aryl methyl sites for hydroxylation is 1. The van der Waals surface area contributed by atoms with Crippen molar-refractivity contribution < 1.29 is 0 Å². The highest BCUT2D eigenvalue weighted by molar-refractivity contribution is 5.96. The molecular weight excluding hydrogens is 222 g/mol. The molecule has 0 atom stereocenters. The molecule has 0 heterocycles. The van der Waals surface area contributed by atoms with Crippen molar-refractivity contribution in [2.24, 2.45) is 5.73 Å². The second-order valence-electron chi connectivity index (χ2n) is 5.32. The Morgan fingerprint density at radius 1 is 1.28 bits per heavy atom. The smallest absolute Gasteiger partial charge is 0.123 e. The number of benzene rings is 1. The van der Waals surface area contributed by atoms with E-state index in [0.717, 1.165) is 11.1 Å². The fourth-order valence-electron chi connectivity index (χ4n) is 2.85. The highest BCUT2D eigenvalue weighted by Gasteiger charge is 2.18. The number of nitrogen functional groups attached to an aromatic ring is 1. The van der Waals surface area contributed by atoms with Gasteiger partial charge in [0, 0.05) is 24.3 Å². The molecule has 0 amide bonds. The monoisotopic (exact) mass is 245 g/mol. The van der Waals surface area contributed by atoms with Crippen molar-refractivity contribution in [3.05, 3.63) is 29.3 Å². The van der Waals surface area contributed by atoms with Crippen LogP contribution in [0.2, 0.25) is 0 Å². The van der Waals surface area contributed by atoms with Crippen LogP contribution in [-0.4, -0.2) is 18.9 Å². The molecule has 0 aliphatic heterocycles. The van der Waals surface area contributed by atoms with Crippen LogP contribution in [0.5, 0.6) is 0 Å². The Labute approximate surface area is 109 Å². The van der Waals surface area contributed by atoms with Gasteiger partial charge in [0.15, 0.2) is 0 Å². The van der Waals surface area contributed by atoms with Crippen LogP contribution in [0.3, 0.4) is 0 Å². The van der Waals surface area contributed by atoms with E-state index in [1.54, 1.807) is 0 Å². The lowest BCUT2D eigenvalue weighted by Gasteiger charge is -2.33. The molecule has 1 aliphatic rings. The Morgan fingerprint density at radius 2 is 1.94 bits per heavy atom. The van der Waals surface area contributed by atoms with Crippen LogP contribution in [0.4, 0.5) is 5.69 Å². The standard InChI is InChI=1S/C15H23N3/c1-11-10-13(8-9-14(11)15(16)17)18(2)12-6-4-3-5-7-12/h8-10,12H,3-7H2,1-2H3,(H3,16,17). The zero-order valence-corrected chi connectivity index (χ0v) is 11.4. The van der Waals surface area contributed by atoms with E-state index in [2.05, 4.69) is 24.1 Å². The third-order valence-electron chi connectivity index (χ3n) is 4.03. The van der Waals surface area contributed by atoms with Gasteiger partial charge in [-0.1, -0.05) is 19.3 Å². The van der Waals surface area contributed by atoms with Gasteiger partial charge in [0.2, 0.25) is 0 Å². The van der Waals surface area contributed by atoms with Gasteiger partial charge in [-0.3, -0.25) is 5.41 Å². The van der Waals surface area contributed by atoms with E-state index in [-0.39, 0.29) is 5.84 Å². The minimum atomic E-state index is 0.152. The molecule has 1 fully saturated rings. The minimum absolute atomic E-state index is 0.152. The normalized spacial score (nSPS) is 16.6. The van der Waals surface area contributed by atoms with Crippen molar-refractivity contribution in [2.75, 3.05) is 11.9 Å². The van der Waals surface area contributed by atoms with Crippen molar-refractivity contribution >= 4 is 11.5 Å². The van der Waals surface area contributed by atoms with Crippen LogP contribution in [0, 0.1) is 12.3 Å². The lowest BCUT2D eigenvalue weighted by Crippen LogP contribution is -2.33. The van der Waals surface area contributed by atoms with Crippen LogP contribution in [-0.2, 0) is 0 Å². The first-order valence-corrected chi connectivity index (χ1v) is 6.77. The number of rotatable bonds is 3. The number of nitrogens with one attached hydrogen (secondary N) is 1. The summed E-state index contributed by atoms with van der Waals surface area (Å²) in [4.78, 5) is 2.38. The van der Waals surface area contributed by atoms with Crippen LogP contribution >= 0.6 is 0 Å². The topological polar surface area (TPSA) is 53.1 Å². The second kappa shape index (κ2) is 5.42. The molecule has 2 rings (SSSR count). The van der Waals surface area contributed by atoms with Crippen molar-refractivity contribution in [3.63, 3.8) is 0 Å². The highest BCUT2D eigenvalue weighted by atomic mass is 15.1. The Hall–Kier alpha value is -1.51. The summed E-state index contributed by atoms with van der Waals surface area (Å²) in [5.41, 5.74) is 8.72. The lowest BCUT2D eigenvalue weighted by atomic mass is 9.94. The van der Waals surface area contributed by atoms with Gasteiger partial charge >= 0.3 is 0 Å². The summed E-state index contributed by atoms with van der Waals surface area (Å²) in [6.07, 6.45) is 6.67. The number of amidine groups is 1. The molecular formula is C15H23N3. The summed E-state index contributed by atoms with van der Waals surface area (Å²) >= 11 is 0. The molecule has 3 heteroatoms. The Kier molecular flexibility index (Phi) is 3.90. The van der Waals surface area contributed by atoms with Crippen molar-refractivity contribution in [3.8, 4) is 0 Å². The number of anilines is 1. The van der Waals surface area contributed by atoms with Crippen LogP contribution in [0.15, 0.2) is 18.2 Å². The first-order chi connectivity index (χ1) is 8.59. The Morgan fingerprint density at radius 3 is 2.50 bits per heavy atom. The van der Waals surface area contributed by atoms with Gasteiger partial charge in [-0.15, -0.1) is 0 Å². The molecule has 3 N–H and O–H groups in total. The predicted molar refractivity (Wildman–Crippen MR) is 77.5 cm³/mol. The summed E-state index contributed by atoms with van der Waals surface area (Å²) in [5, 5.41) is 7.51. The quantitative estimate of drug-likeness (QED) is 0.635. The van der Waals surface area contributed by atoms with Crippen molar-refractivity contribution in [2.45, 2.75) is 45.1 Å². The second-order valence-corrected chi connectivity index (χ2v) is 5.32. The van der Waals surface area contributed by atoms with Crippen LogP contribution in [0.1, 0.15) is 43.2 Å². The van der Waals surface area contributed by atoms with Crippen LogP contribution < -0.4 is 10.6 Å². The maximum atomic E-state index is 7.51. The summed E-state index contributed by atoms with van der Waals surface area (Å²) in [6.45, 7) is 2.02. The molecule has 0 saturated heterocycles. The van der Waals surface area contributed by atoms with E-state index in [1.165, 1.54) is 37.8 Å². The summed E-state index contributed by atoms with van der Waals surface area (Å²) in [5.74, 6) is 0.152. The molecule has 0 unspecified atom stereocenters. The number of nitrogens with zero attached hydrogens (tertiary/aromatic N) is 1. The van der Waals surface area contributed by atoms with E-state index in [9.17, 15) is 0 Å². The Balaban J connectivity index is 2.17. The van der Waals surface area contributed by atoms with Gasteiger partial charge in [0.25, 0.3) is 0 Å². The van der Waals surface area contributed by atoms with Gasteiger partial charge in [-0.25, -0.2) is 0 Å². The maximum Gasteiger partial charge on any atom is 0.123 e. The molecule has 0 bridgehead atoms. The molecule has 0 aromatic heterocycles. The Bertz CT molecular complexity index is 433. The van der Waals surface area contributed by atoms with Gasteiger partial charge in [0.05, 0.1) is 0 Å². The minimum Gasteiger partial charge on any atom is -0.384 e. The first-order valence-electron chi connectivity index (χ1n) is 6.77. The molecule has 98 valence electrons. The third-order valence-corrected chi connectivity index (χ3v) is 4.03. The fourth-order valence-corrected chi connectivity index (χ4v) is 2.85. The number of hydrogen-bond acceptors (Lipinski definition) is 2. The molecule has 18 heavy (non-hydrogen) atoms. The third kappa shape index (κ3) is 2.66. The first kappa shape index (κ1) is 12.9. The van der Waals surface area contributed by atoms with Gasteiger partial charge in [-0.05, 0) is 43.5 Å². The van der Waals surface area contributed by atoms with Crippen LogP contribution in [0.25, 0.3) is 0 Å². The average Bonchev–Trinajstić information content (AvgIpc) is 2.38. The molecule has 1 aromatic rings. The van der Waals surface area contributed by atoms with Gasteiger partial charge in [-0.2, -0.15) is 0 Å². The molecule has 0 spiro atoms. The number of hydrogen-bond donors (Lipinski definition) is 2. The number of nitrogens with two attached hydrogens (primary N) is 1. The van der Waals surface area contributed by atoms with Crippen molar-refractivity contribution in [1.29, 1.82) is 5.41 Å². The van der Waals surface area contributed by atoms with E-state index < -0.39 is 0 Å². The van der Waals surface area contributed by atoms with Gasteiger partial charge in [0.1, 0.15) is 5.84 Å². The predicted octanol–water partition coefficient (Wildman–Crippen LogP) is 3.05. The molecule has 1 aromatic carbocycles. The largest absolute Gasteiger partial charge is 0.384 e. The molecule has 1 aliphatic carbocycles. The summed E-state index contributed by atoms with van der Waals surface area (Å²) < 4.78 is 0. The lowest BCUT2D eigenvalue weighted by molar-refractivity contribution is 0.427. The molecule has 0 radical (unpaired) electrons. The molecule has 3 nitrogen and oxygen atoms in total. The fraction of sp³-hybridized carbons (Fsp3) is 0.533. The maximum absolute atomic E-state index is 7.51. The summed E-state index contributed by atoms with van der Waals surface area (Å²) in [6, 6.07) is 6.86. The van der Waals surface area contributed by atoms with E-state index in [0.29, 0.717) is 6.04 Å². The van der Waals surface area contributed by atoms with E-state index in [1.807, 2.05) is 13.0 Å². The summed E-state index contributed by atoms with van der Waals surface area (Å²) in [7, 11) is 2.18. The van der Waals surface area contributed by atoms with Crippen molar-refractivity contribution in [1.82, 2.24) is 0 Å². The molecule has 1 saturated carbocycles. The van der Waals surface area contributed by atoms with E-state index in [4.69, 9.17) is 11.1 Å². The average molecular weight is 245 g/mol. The van der Waals surface area contributed by atoms with E-state index >= 15 is 0 Å². The van der Waals surface area contributed by atoms with Gasteiger partial charge < -0.3 is 10.6 Å². The highest BCUT2D eigenvalue weighted by Crippen LogP contribution is 2.27.